The van der Waals surface area contributed by atoms with Crippen molar-refractivity contribution < 1.29 is 4.74 Å². The summed E-state index contributed by atoms with van der Waals surface area (Å²) in [7, 11) is 0. The van der Waals surface area contributed by atoms with Gasteiger partial charge in [-0.2, -0.15) is 0 Å². The van der Waals surface area contributed by atoms with E-state index in [1.165, 1.54) is 0 Å². The number of pyridine rings is 1. The number of nitrogens with two attached hydrogens (primary N) is 2. The Morgan fingerprint density at radius 1 is 1.64 bits per heavy atom. The first kappa shape index (κ1) is 10.3. The maximum absolute atomic E-state index is 5.36. The van der Waals surface area contributed by atoms with Gasteiger partial charge in [0.1, 0.15) is 0 Å². The highest BCUT2D eigenvalue weighted by atomic mass is 16.5. The minimum absolute atomic E-state index is 0.135. The van der Waals surface area contributed by atoms with Crippen molar-refractivity contribution in [2.24, 2.45) is 16.6 Å². The zero-order valence-electron chi connectivity index (χ0n) is 7.90. The van der Waals surface area contributed by atoms with Crippen molar-refractivity contribution in [3.05, 3.63) is 18.3 Å². The molecule has 0 radical (unpaired) electrons. The number of aromatic nitrogens is 1. The monoisotopic (exact) mass is 195 g/mol. The van der Waals surface area contributed by atoms with Crippen LogP contribution in [0.2, 0.25) is 0 Å². The second-order valence-electron chi connectivity index (χ2n) is 2.43. The molecule has 1 aromatic rings. The van der Waals surface area contributed by atoms with Crippen molar-refractivity contribution in [2.75, 3.05) is 6.61 Å². The standard InChI is InChI=1S/C8H13N5O/c1-2-14-7-4-3-6(5-11-7)12-8(9)13-10/h3-5H,2,10H2,1H3,(H3,9,12,13). The third-order valence-electron chi connectivity index (χ3n) is 1.41. The molecule has 0 fully saturated rings. The van der Waals surface area contributed by atoms with Crippen molar-refractivity contribution >= 4 is 11.6 Å². The van der Waals surface area contributed by atoms with E-state index >= 15 is 0 Å². The van der Waals surface area contributed by atoms with Gasteiger partial charge in [0.05, 0.1) is 18.5 Å². The lowest BCUT2D eigenvalue weighted by molar-refractivity contribution is 0.327. The second-order valence-corrected chi connectivity index (χ2v) is 2.43. The summed E-state index contributed by atoms with van der Waals surface area (Å²) in [6.45, 7) is 2.48. The van der Waals surface area contributed by atoms with Crippen LogP contribution in [0.25, 0.3) is 0 Å². The Morgan fingerprint density at radius 3 is 2.93 bits per heavy atom. The van der Waals surface area contributed by atoms with Gasteiger partial charge in [0.15, 0.2) is 0 Å². The lowest BCUT2D eigenvalue weighted by atomic mass is 10.4. The average molecular weight is 195 g/mol. The van der Waals surface area contributed by atoms with Gasteiger partial charge in [-0.3, -0.25) is 5.43 Å². The molecular formula is C8H13N5O. The molecule has 0 atom stereocenters. The second kappa shape index (κ2) is 5.03. The fourth-order valence-electron chi connectivity index (χ4n) is 0.843. The molecule has 0 bridgehead atoms. The number of ether oxygens (including phenoxy) is 1. The molecule has 0 amide bonds. The summed E-state index contributed by atoms with van der Waals surface area (Å²) in [5.74, 6) is 5.74. The number of nitrogens with one attached hydrogen (secondary N) is 1. The van der Waals surface area contributed by atoms with Crippen molar-refractivity contribution in [1.82, 2.24) is 10.4 Å². The fraction of sp³-hybridized carbons (Fsp3) is 0.250. The third-order valence-corrected chi connectivity index (χ3v) is 1.41. The quantitative estimate of drug-likeness (QED) is 0.270. The van der Waals surface area contributed by atoms with Crippen LogP contribution in [-0.4, -0.2) is 17.6 Å². The topological polar surface area (TPSA) is 98.5 Å². The minimum atomic E-state index is 0.135. The summed E-state index contributed by atoms with van der Waals surface area (Å²) in [5.41, 5.74) is 8.19. The van der Waals surface area contributed by atoms with Crippen LogP contribution in [0.15, 0.2) is 23.3 Å². The van der Waals surface area contributed by atoms with Gasteiger partial charge in [-0.15, -0.1) is 0 Å². The minimum Gasteiger partial charge on any atom is -0.478 e. The maximum atomic E-state index is 5.36. The van der Waals surface area contributed by atoms with Crippen molar-refractivity contribution in [3.8, 4) is 5.88 Å². The summed E-state index contributed by atoms with van der Waals surface area (Å²) in [5, 5.41) is 0. The number of hydrogen-bond donors (Lipinski definition) is 3. The van der Waals surface area contributed by atoms with Gasteiger partial charge in [0.25, 0.3) is 0 Å². The zero-order chi connectivity index (χ0) is 10.4. The van der Waals surface area contributed by atoms with Crippen LogP contribution in [0.4, 0.5) is 5.69 Å². The van der Waals surface area contributed by atoms with Crippen LogP contribution in [0, 0.1) is 0 Å². The van der Waals surface area contributed by atoms with Crippen LogP contribution in [0.5, 0.6) is 5.88 Å². The molecule has 0 saturated heterocycles. The molecule has 14 heavy (non-hydrogen) atoms. The summed E-state index contributed by atoms with van der Waals surface area (Å²) in [6, 6.07) is 3.45. The first-order valence-corrected chi connectivity index (χ1v) is 4.16. The van der Waals surface area contributed by atoms with Gasteiger partial charge in [-0.25, -0.2) is 15.8 Å². The molecule has 0 aliphatic heterocycles. The van der Waals surface area contributed by atoms with Gasteiger partial charge >= 0.3 is 0 Å². The van der Waals surface area contributed by atoms with Crippen LogP contribution >= 0.6 is 0 Å². The first-order chi connectivity index (χ1) is 6.76. The molecule has 0 unspecified atom stereocenters. The third kappa shape index (κ3) is 2.91. The lowest BCUT2D eigenvalue weighted by Crippen LogP contribution is -2.36. The molecule has 0 aliphatic carbocycles. The van der Waals surface area contributed by atoms with Gasteiger partial charge in [-0.1, -0.05) is 0 Å². The largest absolute Gasteiger partial charge is 0.478 e. The number of rotatable bonds is 3. The predicted octanol–water partition coefficient (Wildman–Crippen LogP) is -0.110. The average Bonchev–Trinajstić information content (AvgIpc) is 2.21. The summed E-state index contributed by atoms with van der Waals surface area (Å²) in [4.78, 5) is 7.92. The number of hydrazine groups is 1. The molecule has 76 valence electrons. The Hall–Kier alpha value is -1.82. The van der Waals surface area contributed by atoms with E-state index in [9.17, 15) is 0 Å². The van der Waals surface area contributed by atoms with E-state index in [1.807, 2.05) is 6.92 Å². The Labute approximate surface area is 82.0 Å². The van der Waals surface area contributed by atoms with E-state index in [0.29, 0.717) is 18.2 Å². The van der Waals surface area contributed by atoms with Crippen LogP contribution < -0.4 is 21.7 Å². The van der Waals surface area contributed by atoms with E-state index in [1.54, 1.807) is 18.3 Å². The lowest BCUT2D eigenvalue weighted by Gasteiger charge is -2.01. The molecule has 5 N–H and O–H groups in total. The summed E-state index contributed by atoms with van der Waals surface area (Å²) < 4.78 is 5.16. The highest BCUT2D eigenvalue weighted by molar-refractivity contribution is 5.80. The Balaban J connectivity index is 2.73. The van der Waals surface area contributed by atoms with E-state index in [4.69, 9.17) is 16.3 Å². The number of nitrogens with zero attached hydrogens (tertiary/aromatic N) is 2. The van der Waals surface area contributed by atoms with Crippen LogP contribution in [0.1, 0.15) is 6.92 Å². The molecular weight excluding hydrogens is 182 g/mol. The van der Waals surface area contributed by atoms with Crippen LogP contribution in [-0.2, 0) is 0 Å². The molecule has 1 heterocycles. The van der Waals surface area contributed by atoms with E-state index in [2.05, 4.69) is 15.4 Å². The predicted molar refractivity (Wildman–Crippen MR) is 54.0 cm³/mol. The molecule has 6 heteroatoms. The Morgan fingerprint density at radius 2 is 2.43 bits per heavy atom. The van der Waals surface area contributed by atoms with E-state index < -0.39 is 0 Å². The van der Waals surface area contributed by atoms with Gasteiger partial charge in [-0.05, 0) is 13.0 Å². The molecule has 0 saturated carbocycles. The highest BCUT2D eigenvalue weighted by Gasteiger charge is 1.95. The molecule has 1 rings (SSSR count). The zero-order valence-corrected chi connectivity index (χ0v) is 7.90. The van der Waals surface area contributed by atoms with Crippen LogP contribution in [0.3, 0.4) is 0 Å². The van der Waals surface area contributed by atoms with Gasteiger partial charge in [0, 0.05) is 6.07 Å². The molecule has 1 aromatic heterocycles. The van der Waals surface area contributed by atoms with Gasteiger partial charge < -0.3 is 10.5 Å². The van der Waals surface area contributed by atoms with Crippen molar-refractivity contribution in [1.29, 1.82) is 0 Å². The number of guanidine groups is 1. The number of hydrogen-bond acceptors (Lipinski definition) is 4. The number of aliphatic imine (C=N–C) groups is 1. The Bertz CT molecular complexity index is 308. The first-order valence-electron chi connectivity index (χ1n) is 4.16. The van der Waals surface area contributed by atoms with Crippen molar-refractivity contribution in [3.63, 3.8) is 0 Å². The molecule has 0 aromatic carbocycles. The summed E-state index contributed by atoms with van der Waals surface area (Å²) >= 11 is 0. The fourth-order valence-corrected chi connectivity index (χ4v) is 0.843. The van der Waals surface area contributed by atoms with Crippen molar-refractivity contribution in [2.45, 2.75) is 6.92 Å². The van der Waals surface area contributed by atoms with E-state index in [-0.39, 0.29) is 5.96 Å². The smallest absolute Gasteiger partial charge is 0.213 e. The van der Waals surface area contributed by atoms with Gasteiger partial charge in [0.2, 0.25) is 11.8 Å². The molecule has 6 nitrogen and oxygen atoms in total. The molecule has 0 aliphatic rings. The maximum Gasteiger partial charge on any atom is 0.213 e. The SMILES string of the molecule is CCOc1ccc(N=C(N)NN)cn1. The summed E-state index contributed by atoms with van der Waals surface area (Å²) in [6.07, 6.45) is 1.55. The Kier molecular flexibility index (Phi) is 3.69. The molecule has 0 spiro atoms. The normalized spacial score (nSPS) is 11.1. The van der Waals surface area contributed by atoms with E-state index in [0.717, 1.165) is 0 Å². The highest BCUT2D eigenvalue weighted by Crippen LogP contribution is 2.13.